The number of amides is 2. The highest BCUT2D eigenvalue weighted by Crippen LogP contribution is 2.29. The second kappa shape index (κ2) is 10.6. The first-order valence-electron chi connectivity index (χ1n) is 11.0. The van der Waals surface area contributed by atoms with E-state index in [1.165, 1.54) is 17.4 Å². The van der Waals surface area contributed by atoms with Crippen LogP contribution in [0.5, 0.6) is 11.5 Å². The third-order valence-electron chi connectivity index (χ3n) is 5.19. The minimum absolute atomic E-state index is 0.0513. The van der Waals surface area contributed by atoms with Gasteiger partial charge in [0.25, 0.3) is 11.8 Å². The van der Waals surface area contributed by atoms with Crippen molar-refractivity contribution in [2.75, 3.05) is 25.6 Å². The van der Waals surface area contributed by atoms with Crippen LogP contribution >= 0.6 is 0 Å². The van der Waals surface area contributed by atoms with Gasteiger partial charge < -0.3 is 14.8 Å². The molecule has 0 spiro atoms. The Morgan fingerprint density at radius 2 is 1.88 bits per heavy atom. The molecule has 0 aliphatic carbocycles. The Labute approximate surface area is 197 Å². The summed E-state index contributed by atoms with van der Waals surface area (Å²) < 4.78 is 11.0. The zero-order valence-corrected chi connectivity index (χ0v) is 19.0. The number of anilines is 1. The van der Waals surface area contributed by atoms with Crippen molar-refractivity contribution in [1.29, 1.82) is 0 Å². The van der Waals surface area contributed by atoms with Crippen LogP contribution in [0.1, 0.15) is 46.3 Å². The smallest absolute Gasteiger partial charge is 0.293 e. The van der Waals surface area contributed by atoms with E-state index in [4.69, 9.17) is 9.47 Å². The standard InChI is InChI=1S/C25H25N5O4/c1-3-34-22-16-17(10-11-21(22)33-2)20-9-5-14-30(29-20)25(32)18-7-4-8-19(15-18)28-24(31)23-26-12-6-13-27-23/h4,6-8,10-13,15-16H,3,5,9,14H2,1-2H3,(H,28,31). The van der Waals surface area contributed by atoms with E-state index in [1.807, 2.05) is 25.1 Å². The molecule has 1 aromatic heterocycles. The minimum atomic E-state index is -0.451. The maximum atomic E-state index is 13.2. The number of hydrazone groups is 1. The molecule has 0 saturated carbocycles. The van der Waals surface area contributed by atoms with E-state index in [-0.39, 0.29) is 11.7 Å². The molecule has 0 fully saturated rings. The molecule has 174 valence electrons. The molecule has 1 aliphatic heterocycles. The number of ether oxygens (including phenoxy) is 2. The van der Waals surface area contributed by atoms with E-state index in [0.29, 0.717) is 35.9 Å². The number of carbonyl (C=O) groups excluding carboxylic acids is 2. The lowest BCUT2D eigenvalue weighted by Gasteiger charge is -2.24. The van der Waals surface area contributed by atoms with Crippen molar-refractivity contribution in [3.63, 3.8) is 0 Å². The predicted octanol–water partition coefficient (Wildman–Crippen LogP) is 3.78. The Morgan fingerprint density at radius 1 is 1.06 bits per heavy atom. The maximum Gasteiger partial charge on any atom is 0.293 e. The summed E-state index contributed by atoms with van der Waals surface area (Å²) in [7, 11) is 1.60. The van der Waals surface area contributed by atoms with Crippen molar-refractivity contribution in [3.8, 4) is 11.5 Å². The Hall–Kier alpha value is -4.27. The van der Waals surface area contributed by atoms with Gasteiger partial charge in [0.1, 0.15) is 0 Å². The van der Waals surface area contributed by atoms with Gasteiger partial charge >= 0.3 is 0 Å². The summed E-state index contributed by atoms with van der Waals surface area (Å²) in [6.45, 7) is 2.93. The Kier molecular flexibility index (Phi) is 7.12. The van der Waals surface area contributed by atoms with Crippen LogP contribution in [0.4, 0.5) is 5.69 Å². The van der Waals surface area contributed by atoms with Crippen LogP contribution in [0, 0.1) is 0 Å². The summed E-state index contributed by atoms with van der Waals surface area (Å²) in [5, 5.41) is 8.81. The second-order valence-electron chi connectivity index (χ2n) is 7.48. The molecule has 3 aromatic rings. The van der Waals surface area contributed by atoms with Gasteiger partial charge in [0.2, 0.25) is 5.82 Å². The molecule has 9 heteroatoms. The Morgan fingerprint density at radius 3 is 2.65 bits per heavy atom. The van der Waals surface area contributed by atoms with Gasteiger partial charge in [0, 0.05) is 35.8 Å². The minimum Gasteiger partial charge on any atom is -0.493 e. The first-order valence-corrected chi connectivity index (χ1v) is 11.0. The van der Waals surface area contributed by atoms with E-state index < -0.39 is 5.91 Å². The van der Waals surface area contributed by atoms with Crippen molar-refractivity contribution in [2.45, 2.75) is 19.8 Å². The molecule has 0 unspecified atom stereocenters. The quantitative estimate of drug-likeness (QED) is 0.576. The summed E-state index contributed by atoms with van der Waals surface area (Å²) in [5.41, 5.74) is 2.57. The second-order valence-corrected chi connectivity index (χ2v) is 7.48. The molecule has 9 nitrogen and oxygen atoms in total. The van der Waals surface area contributed by atoms with Crippen LogP contribution in [0.15, 0.2) is 66.0 Å². The molecule has 0 bridgehead atoms. The van der Waals surface area contributed by atoms with Gasteiger partial charge in [0.05, 0.1) is 19.4 Å². The van der Waals surface area contributed by atoms with Crippen molar-refractivity contribution >= 4 is 23.2 Å². The number of benzene rings is 2. The molecule has 2 aromatic carbocycles. The van der Waals surface area contributed by atoms with E-state index in [9.17, 15) is 9.59 Å². The molecule has 1 aliphatic rings. The number of nitrogens with one attached hydrogen (secondary N) is 1. The molecule has 0 radical (unpaired) electrons. The topological polar surface area (TPSA) is 106 Å². The highest BCUT2D eigenvalue weighted by atomic mass is 16.5. The summed E-state index contributed by atoms with van der Waals surface area (Å²) in [6, 6.07) is 14.0. The summed E-state index contributed by atoms with van der Waals surface area (Å²) >= 11 is 0. The Bertz CT molecular complexity index is 1210. The van der Waals surface area contributed by atoms with Crippen LogP contribution in [0.3, 0.4) is 0 Å². The fourth-order valence-electron chi connectivity index (χ4n) is 3.60. The molecule has 0 atom stereocenters. The SMILES string of the molecule is CCOc1cc(C2=NN(C(=O)c3cccc(NC(=O)c4ncccn4)c3)CCC2)ccc1OC. The molecule has 34 heavy (non-hydrogen) atoms. The number of nitrogens with zero attached hydrogens (tertiary/aromatic N) is 4. The number of aromatic nitrogens is 2. The number of hydrogen-bond acceptors (Lipinski definition) is 7. The van der Waals surface area contributed by atoms with Gasteiger partial charge in [-0.1, -0.05) is 6.07 Å². The third kappa shape index (κ3) is 5.20. The lowest BCUT2D eigenvalue weighted by Crippen LogP contribution is -2.32. The van der Waals surface area contributed by atoms with Crippen LogP contribution in [0.25, 0.3) is 0 Å². The van der Waals surface area contributed by atoms with E-state index in [0.717, 1.165) is 24.1 Å². The van der Waals surface area contributed by atoms with Gasteiger partial charge in [-0.3, -0.25) is 9.59 Å². The number of hydrogen-bond donors (Lipinski definition) is 1. The predicted molar refractivity (Wildman–Crippen MR) is 127 cm³/mol. The number of carbonyl (C=O) groups is 2. The third-order valence-corrected chi connectivity index (χ3v) is 5.19. The van der Waals surface area contributed by atoms with E-state index in [1.54, 1.807) is 37.4 Å². The Balaban J connectivity index is 1.53. The molecule has 2 amide bonds. The largest absolute Gasteiger partial charge is 0.493 e. The van der Waals surface area contributed by atoms with Crippen molar-refractivity contribution in [2.24, 2.45) is 5.10 Å². The summed E-state index contributed by atoms with van der Waals surface area (Å²) in [5.74, 6) is 0.639. The first kappa shape index (κ1) is 22.9. The van der Waals surface area contributed by atoms with Crippen molar-refractivity contribution < 1.29 is 19.1 Å². The van der Waals surface area contributed by atoms with Gasteiger partial charge in [0.15, 0.2) is 11.5 Å². The van der Waals surface area contributed by atoms with Crippen LogP contribution in [-0.2, 0) is 0 Å². The van der Waals surface area contributed by atoms with Crippen molar-refractivity contribution in [3.05, 3.63) is 77.9 Å². The fraction of sp³-hybridized carbons (Fsp3) is 0.240. The normalized spacial score (nSPS) is 13.1. The van der Waals surface area contributed by atoms with Gasteiger partial charge in [-0.15, -0.1) is 0 Å². The monoisotopic (exact) mass is 459 g/mol. The first-order chi connectivity index (χ1) is 16.6. The zero-order valence-electron chi connectivity index (χ0n) is 19.0. The van der Waals surface area contributed by atoms with Gasteiger partial charge in [-0.05, 0) is 62.2 Å². The van der Waals surface area contributed by atoms with E-state index >= 15 is 0 Å². The number of rotatable bonds is 7. The van der Waals surface area contributed by atoms with E-state index in [2.05, 4.69) is 20.4 Å². The molecular formula is C25H25N5O4. The molecule has 0 saturated heterocycles. The molecule has 1 N–H and O–H groups in total. The zero-order chi connectivity index (χ0) is 23.9. The van der Waals surface area contributed by atoms with Gasteiger partial charge in [-0.2, -0.15) is 5.10 Å². The summed E-state index contributed by atoms with van der Waals surface area (Å²) in [4.78, 5) is 33.4. The highest BCUT2D eigenvalue weighted by molar-refractivity contribution is 6.04. The lowest BCUT2D eigenvalue weighted by atomic mass is 10.0. The average Bonchev–Trinajstić information content (AvgIpc) is 2.89. The van der Waals surface area contributed by atoms with Crippen LogP contribution < -0.4 is 14.8 Å². The van der Waals surface area contributed by atoms with Crippen LogP contribution in [0.2, 0.25) is 0 Å². The summed E-state index contributed by atoms with van der Waals surface area (Å²) in [6.07, 6.45) is 4.51. The molecular weight excluding hydrogens is 434 g/mol. The lowest BCUT2D eigenvalue weighted by molar-refractivity contribution is 0.0751. The fourth-order valence-corrected chi connectivity index (χ4v) is 3.60. The maximum absolute atomic E-state index is 13.2. The highest BCUT2D eigenvalue weighted by Gasteiger charge is 2.22. The molecule has 2 heterocycles. The average molecular weight is 460 g/mol. The van der Waals surface area contributed by atoms with Crippen molar-refractivity contribution in [1.82, 2.24) is 15.0 Å². The van der Waals surface area contributed by atoms with Gasteiger partial charge in [-0.25, -0.2) is 15.0 Å². The number of methoxy groups -OCH3 is 1. The van der Waals surface area contributed by atoms with Crippen LogP contribution in [-0.4, -0.2) is 52.8 Å². The molecule has 4 rings (SSSR count).